The van der Waals surface area contributed by atoms with Gasteiger partial charge in [-0.15, -0.1) is 12.4 Å². The highest BCUT2D eigenvalue weighted by Gasteiger charge is 1.97. The summed E-state index contributed by atoms with van der Waals surface area (Å²) in [5, 5.41) is 8.38. The van der Waals surface area contributed by atoms with Crippen molar-refractivity contribution < 1.29 is 24.1 Å². The molecule has 0 aliphatic heterocycles. The van der Waals surface area contributed by atoms with E-state index in [1.807, 2.05) is 24.3 Å². The first-order valence-electron chi connectivity index (χ1n) is 8.01. The van der Waals surface area contributed by atoms with Gasteiger partial charge in [-0.1, -0.05) is 12.1 Å². The number of halogens is 1. The molecule has 3 N–H and O–H groups in total. The predicted molar refractivity (Wildman–Crippen MR) is 94.8 cm³/mol. The Morgan fingerprint density at radius 2 is 1.71 bits per heavy atom. The Morgan fingerprint density at radius 3 is 2.46 bits per heavy atom. The molecule has 0 bridgehead atoms. The molecule has 24 heavy (non-hydrogen) atoms. The molecule has 7 heteroatoms. The van der Waals surface area contributed by atoms with Crippen molar-refractivity contribution in [1.29, 1.82) is 0 Å². The van der Waals surface area contributed by atoms with Crippen LogP contribution in [0.3, 0.4) is 0 Å². The molecule has 1 aromatic rings. The Morgan fingerprint density at radius 1 is 1.00 bits per heavy atom. The molecule has 0 fully saturated rings. The van der Waals surface area contributed by atoms with Crippen LogP contribution in [0.1, 0.15) is 31.2 Å². The molecule has 0 unspecified atom stereocenters. The van der Waals surface area contributed by atoms with Crippen molar-refractivity contribution in [2.45, 2.75) is 32.2 Å². The third-order valence-corrected chi connectivity index (χ3v) is 3.14. The summed E-state index contributed by atoms with van der Waals surface area (Å²) < 4.78 is 16.0. The second-order valence-corrected chi connectivity index (χ2v) is 5.17. The highest BCUT2D eigenvalue weighted by atomic mass is 35.5. The van der Waals surface area contributed by atoms with E-state index in [0.29, 0.717) is 39.4 Å². The summed E-state index contributed by atoms with van der Waals surface area (Å²) in [6.07, 6.45) is 3.74. The molecule has 0 aliphatic rings. The second-order valence-electron chi connectivity index (χ2n) is 5.17. The number of carbonyl (C=O) groups is 1. The van der Waals surface area contributed by atoms with Gasteiger partial charge in [0.2, 0.25) is 0 Å². The van der Waals surface area contributed by atoms with E-state index in [1.165, 1.54) is 0 Å². The van der Waals surface area contributed by atoms with Gasteiger partial charge in [0, 0.05) is 26.4 Å². The van der Waals surface area contributed by atoms with E-state index in [2.05, 4.69) is 0 Å². The van der Waals surface area contributed by atoms with Crippen LogP contribution in [0.25, 0.3) is 0 Å². The maximum Gasteiger partial charge on any atom is 0.329 e. The minimum absolute atomic E-state index is 0. The first-order chi connectivity index (χ1) is 11.2. The first kappa shape index (κ1) is 22.7. The quantitative estimate of drug-likeness (QED) is 0.495. The molecule has 1 rings (SSSR count). The van der Waals surface area contributed by atoms with Crippen LogP contribution in [0, 0.1) is 0 Å². The summed E-state index contributed by atoms with van der Waals surface area (Å²) in [5.41, 5.74) is 6.66. The van der Waals surface area contributed by atoms with E-state index in [1.54, 1.807) is 0 Å². The summed E-state index contributed by atoms with van der Waals surface area (Å²) in [5.74, 6) is -0.0755. The van der Waals surface area contributed by atoms with Gasteiger partial charge < -0.3 is 25.1 Å². The molecule has 0 atom stereocenters. The van der Waals surface area contributed by atoms with Crippen molar-refractivity contribution in [2.24, 2.45) is 5.73 Å². The molecule has 0 saturated heterocycles. The van der Waals surface area contributed by atoms with Crippen molar-refractivity contribution >= 4 is 18.4 Å². The number of aliphatic carboxylic acids is 1. The molecule has 6 nitrogen and oxygen atoms in total. The fraction of sp³-hybridized carbons (Fsp3) is 0.588. The Hall–Kier alpha value is -1.34. The molecular weight excluding hydrogens is 334 g/mol. The molecule has 0 heterocycles. The lowest BCUT2D eigenvalue weighted by molar-refractivity contribution is -0.142. The number of nitrogens with two attached hydrogens (primary N) is 1. The summed E-state index contributed by atoms with van der Waals surface area (Å²) in [4.78, 5) is 10.2. The van der Waals surface area contributed by atoms with Crippen molar-refractivity contribution in [3.63, 3.8) is 0 Å². The largest absolute Gasteiger partial charge is 0.494 e. The molecule has 0 radical (unpaired) electrons. The maximum absolute atomic E-state index is 10.2. The molecule has 138 valence electrons. The zero-order chi connectivity index (χ0) is 16.8. The summed E-state index contributed by atoms with van der Waals surface area (Å²) in [7, 11) is 0. The van der Waals surface area contributed by atoms with Gasteiger partial charge in [-0.2, -0.15) is 0 Å². The summed E-state index contributed by atoms with van der Waals surface area (Å²) in [6.45, 7) is 2.70. The summed E-state index contributed by atoms with van der Waals surface area (Å²) >= 11 is 0. The van der Waals surface area contributed by atoms with Crippen molar-refractivity contribution in [1.82, 2.24) is 0 Å². The van der Waals surface area contributed by atoms with Gasteiger partial charge in [0.05, 0.1) is 6.61 Å². The number of carboxylic acid groups (broad SMARTS) is 1. The smallest absolute Gasteiger partial charge is 0.329 e. The topological polar surface area (TPSA) is 91.0 Å². The van der Waals surface area contributed by atoms with E-state index in [9.17, 15) is 4.79 Å². The number of hydrogen-bond acceptors (Lipinski definition) is 5. The van der Waals surface area contributed by atoms with Crippen LogP contribution in [0.15, 0.2) is 24.3 Å². The van der Waals surface area contributed by atoms with E-state index >= 15 is 0 Å². The van der Waals surface area contributed by atoms with Gasteiger partial charge in [-0.3, -0.25) is 0 Å². The zero-order valence-electron chi connectivity index (χ0n) is 13.9. The molecule has 0 aliphatic carbocycles. The number of carboxylic acids is 1. The molecule has 0 spiro atoms. The van der Waals surface area contributed by atoms with Gasteiger partial charge in [-0.05, 0) is 43.4 Å². The summed E-state index contributed by atoms with van der Waals surface area (Å²) in [6, 6.07) is 7.84. The number of benzene rings is 1. The average molecular weight is 362 g/mol. The minimum Gasteiger partial charge on any atom is -0.494 e. The molecule has 0 aromatic heterocycles. The average Bonchev–Trinajstić information content (AvgIpc) is 2.55. The molecular formula is C17H28ClNO5. The predicted octanol–water partition coefficient (Wildman–Crippen LogP) is 2.62. The molecule has 0 saturated carbocycles. The molecule has 0 amide bonds. The number of unbranched alkanes of at least 4 members (excludes halogenated alkanes) is 2. The third-order valence-electron chi connectivity index (χ3n) is 3.14. The van der Waals surface area contributed by atoms with Crippen molar-refractivity contribution in [3.8, 4) is 5.75 Å². The van der Waals surface area contributed by atoms with Gasteiger partial charge in [0.25, 0.3) is 0 Å². The highest BCUT2D eigenvalue weighted by Crippen LogP contribution is 2.13. The van der Waals surface area contributed by atoms with Crippen LogP contribution >= 0.6 is 12.4 Å². The lowest BCUT2D eigenvalue weighted by Crippen LogP contribution is -2.09. The number of ether oxygens (including phenoxy) is 3. The second kappa shape index (κ2) is 15.2. The normalized spacial score (nSPS) is 10.2. The van der Waals surface area contributed by atoms with Gasteiger partial charge in [0.15, 0.2) is 0 Å². The Labute approximate surface area is 149 Å². The van der Waals surface area contributed by atoms with Gasteiger partial charge in [0.1, 0.15) is 12.4 Å². The van der Waals surface area contributed by atoms with Crippen LogP contribution < -0.4 is 10.5 Å². The zero-order valence-corrected chi connectivity index (χ0v) is 14.8. The van der Waals surface area contributed by atoms with E-state index in [-0.39, 0.29) is 19.0 Å². The number of hydrogen-bond donors (Lipinski definition) is 2. The van der Waals surface area contributed by atoms with Gasteiger partial charge in [-0.25, -0.2) is 4.79 Å². The minimum atomic E-state index is -0.942. The fourth-order valence-corrected chi connectivity index (χ4v) is 1.96. The first-order valence-corrected chi connectivity index (χ1v) is 8.01. The maximum atomic E-state index is 10.2. The van der Waals surface area contributed by atoms with Crippen molar-refractivity contribution in [2.75, 3.05) is 33.0 Å². The Kier molecular flexibility index (Phi) is 14.4. The van der Waals surface area contributed by atoms with Crippen LogP contribution in [0.2, 0.25) is 0 Å². The highest BCUT2D eigenvalue weighted by molar-refractivity contribution is 5.85. The van der Waals surface area contributed by atoms with E-state index < -0.39 is 5.97 Å². The van der Waals surface area contributed by atoms with E-state index in [0.717, 1.165) is 30.6 Å². The Balaban J connectivity index is 0.00000529. The standard InChI is InChI=1S/C17H27NO5.ClH/c18-13-15-6-4-7-16(12-15)23-11-3-1-2-8-21-9-5-10-22-14-17(19)20;/h4,6-7,12H,1-3,5,8-11,13-14,18H2,(H,19,20);1H. The fourth-order valence-electron chi connectivity index (χ4n) is 1.96. The third kappa shape index (κ3) is 12.1. The van der Waals surface area contributed by atoms with E-state index in [4.69, 9.17) is 25.1 Å². The lowest BCUT2D eigenvalue weighted by atomic mass is 10.2. The SMILES string of the molecule is Cl.NCc1cccc(OCCCCCOCCCOCC(=O)O)c1. The monoisotopic (exact) mass is 361 g/mol. The molecule has 1 aromatic carbocycles. The van der Waals surface area contributed by atoms with Crippen LogP contribution in [0.5, 0.6) is 5.75 Å². The van der Waals surface area contributed by atoms with Gasteiger partial charge >= 0.3 is 5.97 Å². The van der Waals surface area contributed by atoms with Crippen molar-refractivity contribution in [3.05, 3.63) is 29.8 Å². The Bertz CT molecular complexity index is 445. The van der Waals surface area contributed by atoms with Crippen LogP contribution in [-0.2, 0) is 20.8 Å². The van der Waals surface area contributed by atoms with Crippen LogP contribution in [0.4, 0.5) is 0 Å². The van der Waals surface area contributed by atoms with Crippen LogP contribution in [-0.4, -0.2) is 44.1 Å². The lowest BCUT2D eigenvalue weighted by Gasteiger charge is -2.08. The number of rotatable bonds is 14.